The van der Waals surface area contributed by atoms with Crippen molar-refractivity contribution in [1.29, 1.82) is 0 Å². The van der Waals surface area contributed by atoms with Crippen LogP contribution < -0.4 is 10.1 Å². The number of nitrogens with one attached hydrogen (secondary N) is 1. The monoisotopic (exact) mass is 373 g/mol. The number of amides is 1. The van der Waals surface area contributed by atoms with Gasteiger partial charge in [-0.25, -0.2) is 8.42 Å². The molecular weight excluding hydrogens is 361 g/mol. The fraction of sp³-hybridized carbons (Fsp3) is 0.133. The second kappa shape index (κ2) is 7.21. The highest BCUT2D eigenvalue weighted by Gasteiger charge is 2.09. The molecule has 0 aliphatic carbocycles. The normalized spacial score (nSPS) is 11.1. The van der Waals surface area contributed by atoms with Crippen molar-refractivity contribution in [2.75, 3.05) is 18.2 Å². The molecule has 0 fully saturated rings. The van der Waals surface area contributed by atoms with Gasteiger partial charge in [-0.3, -0.25) is 4.79 Å². The molecule has 2 aromatic rings. The first kappa shape index (κ1) is 17.6. The molecule has 2 rings (SSSR count). The van der Waals surface area contributed by atoms with Gasteiger partial charge in [0.25, 0.3) is 5.91 Å². The molecule has 2 aromatic carbocycles. The lowest BCUT2D eigenvalue weighted by Crippen LogP contribution is -2.20. The van der Waals surface area contributed by atoms with E-state index in [4.69, 9.17) is 27.9 Å². The van der Waals surface area contributed by atoms with E-state index in [1.807, 2.05) is 0 Å². The van der Waals surface area contributed by atoms with Crippen LogP contribution in [-0.2, 0) is 14.6 Å². The average molecular weight is 374 g/mol. The predicted molar refractivity (Wildman–Crippen MR) is 90.1 cm³/mol. The number of benzene rings is 2. The maximum absolute atomic E-state index is 11.8. The fourth-order valence-corrected chi connectivity index (χ4v) is 2.68. The molecule has 0 bridgehead atoms. The highest BCUT2D eigenvalue weighted by molar-refractivity contribution is 7.90. The van der Waals surface area contributed by atoms with Crippen LogP contribution in [0.1, 0.15) is 0 Å². The summed E-state index contributed by atoms with van der Waals surface area (Å²) in [5.74, 6) is -0.0360. The summed E-state index contributed by atoms with van der Waals surface area (Å²) < 4.78 is 28.0. The van der Waals surface area contributed by atoms with Crippen molar-refractivity contribution < 1.29 is 17.9 Å². The second-order valence-electron chi connectivity index (χ2n) is 4.70. The van der Waals surface area contributed by atoms with E-state index in [0.717, 1.165) is 6.26 Å². The van der Waals surface area contributed by atoms with Crippen molar-refractivity contribution >= 4 is 44.6 Å². The summed E-state index contributed by atoms with van der Waals surface area (Å²) in [5, 5.41) is 3.39. The van der Waals surface area contributed by atoms with Gasteiger partial charge in [-0.2, -0.15) is 0 Å². The molecule has 0 spiro atoms. The number of sulfone groups is 1. The Morgan fingerprint density at radius 2 is 1.78 bits per heavy atom. The van der Waals surface area contributed by atoms with Crippen LogP contribution >= 0.6 is 23.2 Å². The van der Waals surface area contributed by atoms with Crippen molar-refractivity contribution in [3.05, 3.63) is 52.5 Å². The minimum atomic E-state index is -3.26. The minimum Gasteiger partial charge on any atom is -0.484 e. The molecule has 0 heterocycles. The molecule has 1 amide bonds. The van der Waals surface area contributed by atoms with Crippen molar-refractivity contribution in [3.63, 3.8) is 0 Å². The second-order valence-corrected chi connectivity index (χ2v) is 7.56. The van der Waals surface area contributed by atoms with Gasteiger partial charge in [0.1, 0.15) is 5.75 Å². The number of carbonyl (C=O) groups is 1. The number of hydrogen-bond acceptors (Lipinski definition) is 4. The van der Waals surface area contributed by atoms with E-state index in [1.165, 1.54) is 30.3 Å². The quantitative estimate of drug-likeness (QED) is 0.871. The van der Waals surface area contributed by atoms with Crippen molar-refractivity contribution in [1.82, 2.24) is 0 Å². The van der Waals surface area contributed by atoms with Gasteiger partial charge < -0.3 is 10.1 Å². The number of rotatable bonds is 5. The van der Waals surface area contributed by atoms with E-state index in [1.54, 1.807) is 12.1 Å². The summed E-state index contributed by atoms with van der Waals surface area (Å²) in [6, 6.07) is 10.5. The van der Waals surface area contributed by atoms with Crippen LogP contribution in [0.5, 0.6) is 5.75 Å². The zero-order valence-corrected chi connectivity index (χ0v) is 14.4. The number of anilines is 1. The fourth-order valence-electron chi connectivity index (χ4n) is 1.71. The highest BCUT2D eigenvalue weighted by atomic mass is 35.5. The maximum Gasteiger partial charge on any atom is 0.262 e. The lowest BCUT2D eigenvalue weighted by atomic mass is 10.3. The summed E-state index contributed by atoms with van der Waals surface area (Å²) in [7, 11) is -3.26. The standard InChI is InChI=1S/C15H13Cl2NO4S/c1-23(20,21)12-5-3-11(4-6-12)22-9-15(19)18-14-8-10(16)2-7-13(14)17/h2-8H,9H2,1H3,(H,18,19). The molecule has 8 heteroatoms. The summed E-state index contributed by atoms with van der Waals surface area (Å²) in [6.45, 7) is -0.249. The first-order chi connectivity index (χ1) is 10.8. The van der Waals surface area contributed by atoms with E-state index in [0.29, 0.717) is 21.5 Å². The Hall–Kier alpha value is -1.76. The first-order valence-electron chi connectivity index (χ1n) is 6.43. The Balaban J connectivity index is 1.95. The van der Waals surface area contributed by atoms with E-state index < -0.39 is 15.7 Å². The van der Waals surface area contributed by atoms with Crippen molar-refractivity contribution in [2.24, 2.45) is 0 Å². The van der Waals surface area contributed by atoms with Gasteiger partial charge in [-0.1, -0.05) is 23.2 Å². The Morgan fingerprint density at radius 3 is 2.39 bits per heavy atom. The summed E-state index contributed by atoms with van der Waals surface area (Å²) in [6.07, 6.45) is 1.12. The molecule has 23 heavy (non-hydrogen) atoms. The van der Waals surface area contributed by atoms with Crippen LogP contribution in [0, 0.1) is 0 Å². The minimum absolute atomic E-state index is 0.181. The first-order valence-corrected chi connectivity index (χ1v) is 9.08. The number of ether oxygens (including phenoxy) is 1. The number of carbonyl (C=O) groups excluding carboxylic acids is 1. The number of halogens is 2. The zero-order valence-electron chi connectivity index (χ0n) is 12.0. The van der Waals surface area contributed by atoms with Crippen LogP contribution in [0.2, 0.25) is 10.0 Å². The summed E-state index contributed by atoms with van der Waals surface area (Å²) in [4.78, 5) is 12.0. The molecule has 0 aliphatic rings. The van der Waals surface area contributed by atoms with E-state index in [2.05, 4.69) is 5.32 Å². The van der Waals surface area contributed by atoms with Crippen molar-refractivity contribution in [3.8, 4) is 5.75 Å². The third-order valence-electron chi connectivity index (χ3n) is 2.82. The molecule has 5 nitrogen and oxygen atoms in total. The molecule has 0 aromatic heterocycles. The predicted octanol–water partition coefficient (Wildman–Crippen LogP) is 3.41. The SMILES string of the molecule is CS(=O)(=O)c1ccc(OCC(=O)Nc2cc(Cl)ccc2Cl)cc1. The molecule has 0 saturated carbocycles. The lowest BCUT2D eigenvalue weighted by molar-refractivity contribution is -0.118. The molecule has 0 atom stereocenters. The van der Waals surface area contributed by atoms with Gasteiger partial charge in [0.15, 0.2) is 16.4 Å². The molecule has 0 saturated heterocycles. The van der Waals surface area contributed by atoms with Crippen LogP contribution in [0.4, 0.5) is 5.69 Å². The third-order valence-corrected chi connectivity index (χ3v) is 4.52. The number of hydrogen-bond donors (Lipinski definition) is 1. The Kier molecular flexibility index (Phi) is 5.51. The topological polar surface area (TPSA) is 72.5 Å². The average Bonchev–Trinajstić information content (AvgIpc) is 2.48. The van der Waals surface area contributed by atoms with Crippen LogP contribution in [0.15, 0.2) is 47.4 Å². The highest BCUT2D eigenvalue weighted by Crippen LogP contribution is 2.25. The van der Waals surface area contributed by atoms with Crippen molar-refractivity contribution in [2.45, 2.75) is 4.90 Å². The maximum atomic E-state index is 11.8. The molecule has 0 aliphatic heterocycles. The van der Waals surface area contributed by atoms with Crippen LogP contribution in [0.3, 0.4) is 0 Å². The molecule has 122 valence electrons. The van der Waals surface area contributed by atoms with Crippen LogP contribution in [0.25, 0.3) is 0 Å². The lowest BCUT2D eigenvalue weighted by Gasteiger charge is -2.09. The van der Waals surface area contributed by atoms with Gasteiger partial charge in [0, 0.05) is 11.3 Å². The van der Waals surface area contributed by atoms with Crippen LogP contribution in [-0.4, -0.2) is 27.2 Å². The Morgan fingerprint density at radius 1 is 1.13 bits per heavy atom. The molecule has 1 N–H and O–H groups in total. The van der Waals surface area contributed by atoms with E-state index in [9.17, 15) is 13.2 Å². The largest absolute Gasteiger partial charge is 0.484 e. The summed E-state index contributed by atoms with van der Waals surface area (Å²) in [5.41, 5.74) is 0.389. The Labute approximate surface area is 144 Å². The van der Waals surface area contributed by atoms with Gasteiger partial charge in [-0.05, 0) is 42.5 Å². The van der Waals surface area contributed by atoms with Gasteiger partial charge in [0.2, 0.25) is 0 Å². The smallest absolute Gasteiger partial charge is 0.262 e. The summed E-state index contributed by atoms with van der Waals surface area (Å²) >= 11 is 11.8. The molecule has 0 unspecified atom stereocenters. The van der Waals surface area contributed by atoms with Gasteiger partial charge >= 0.3 is 0 Å². The molecule has 0 radical (unpaired) electrons. The van der Waals surface area contributed by atoms with E-state index in [-0.39, 0.29) is 11.5 Å². The van der Waals surface area contributed by atoms with Gasteiger partial charge in [-0.15, -0.1) is 0 Å². The zero-order chi connectivity index (χ0) is 17.0. The van der Waals surface area contributed by atoms with E-state index >= 15 is 0 Å². The van der Waals surface area contributed by atoms with Gasteiger partial charge in [0.05, 0.1) is 15.6 Å². The molecular formula is C15H13Cl2NO4S. The Bertz CT molecular complexity index is 820. The third kappa shape index (κ3) is 5.13.